The third-order valence-corrected chi connectivity index (χ3v) is 9.59. The molecule has 0 rings (SSSR count). The van der Waals surface area contributed by atoms with Gasteiger partial charge in [-0.15, -0.1) is 0 Å². The van der Waals surface area contributed by atoms with Gasteiger partial charge in [0.15, 0.2) is 0 Å². The van der Waals surface area contributed by atoms with Crippen LogP contribution in [-0.4, -0.2) is 91.3 Å². The van der Waals surface area contributed by atoms with Crippen molar-refractivity contribution in [3.8, 4) is 0 Å². The highest BCUT2D eigenvalue weighted by Gasteiger charge is 2.30. The molecule has 0 aliphatic carbocycles. The molecule has 0 spiro atoms. The second-order valence-electron chi connectivity index (χ2n) is 7.60. The highest BCUT2D eigenvalue weighted by molar-refractivity contribution is 7.79. The van der Waals surface area contributed by atoms with Gasteiger partial charge in [-0.25, -0.2) is 0 Å². The first-order valence-electron chi connectivity index (χ1n) is 7.36. The lowest BCUT2D eigenvalue weighted by Crippen LogP contribution is -2.21. The highest BCUT2D eigenvalue weighted by Crippen LogP contribution is 2.53. The van der Waals surface area contributed by atoms with E-state index in [1.165, 1.54) is 0 Å². The maximum absolute atomic E-state index is 9.18. The summed E-state index contributed by atoms with van der Waals surface area (Å²) in [6.07, 6.45) is -0.281. The van der Waals surface area contributed by atoms with Gasteiger partial charge in [0.25, 0.3) is 0 Å². The molecule has 4 atom stereocenters. The number of hydrogen-bond acceptors (Lipinski definition) is 6. The number of hydrogen-bond donors (Lipinski definition) is 2. The lowest BCUT2D eigenvalue weighted by atomic mass is 10.3. The summed E-state index contributed by atoms with van der Waals surface area (Å²) in [5.74, 6) is 0. The molecule has 0 aromatic heterocycles. The normalized spacial score (nSPS) is 17.7. The van der Waals surface area contributed by atoms with Crippen molar-refractivity contribution < 1.29 is 27.7 Å². The first kappa shape index (κ1) is 28.5. The molecule has 0 aromatic rings. The van der Waals surface area contributed by atoms with Crippen molar-refractivity contribution in [2.75, 3.05) is 40.0 Å². The Balaban J connectivity index is -0.000000273. The lowest BCUT2D eigenvalue weighted by molar-refractivity contribution is 0.193. The first-order chi connectivity index (χ1) is 9.71. The molecule has 0 aliphatic heterocycles. The van der Waals surface area contributed by atoms with Crippen LogP contribution in [0, 0.1) is 0 Å². The fourth-order valence-corrected chi connectivity index (χ4v) is 3.88. The van der Waals surface area contributed by atoms with Crippen molar-refractivity contribution in [3.05, 3.63) is 0 Å². The van der Waals surface area contributed by atoms with Crippen molar-refractivity contribution in [2.24, 2.45) is 0 Å². The Morgan fingerprint density at radius 1 is 0.696 bits per heavy atom. The van der Waals surface area contributed by atoms with Crippen molar-refractivity contribution in [1.29, 1.82) is 0 Å². The third kappa shape index (κ3) is 22.6. The molecule has 0 heterocycles. The van der Waals surface area contributed by atoms with E-state index < -0.39 is 24.9 Å². The van der Waals surface area contributed by atoms with Crippen LogP contribution >= 0.6 is 14.5 Å². The molecule has 0 aromatic carbocycles. The van der Waals surface area contributed by atoms with Gasteiger partial charge >= 0.3 is 0 Å². The summed E-state index contributed by atoms with van der Waals surface area (Å²) in [4.78, 5) is 0. The van der Waals surface area contributed by atoms with Gasteiger partial charge in [-0.3, -0.25) is 8.42 Å². The minimum absolute atomic E-state index is 0.140. The minimum atomic E-state index is -5.17. The van der Waals surface area contributed by atoms with Crippen LogP contribution in [0.5, 0.6) is 0 Å². The van der Waals surface area contributed by atoms with E-state index in [9.17, 15) is 10.2 Å². The van der Waals surface area contributed by atoms with Crippen molar-refractivity contribution in [3.63, 3.8) is 0 Å². The molecule has 9 heteroatoms. The maximum atomic E-state index is 9.18. The molecule has 0 saturated carbocycles. The molecule has 0 bridgehead atoms. The quantitative estimate of drug-likeness (QED) is 0.427. The van der Waals surface area contributed by atoms with Gasteiger partial charge < -0.3 is 19.3 Å². The Morgan fingerprint density at radius 2 is 0.826 bits per heavy atom. The van der Waals surface area contributed by atoms with Crippen molar-refractivity contribution in [2.45, 2.75) is 51.2 Å². The average Bonchev–Trinajstić information content (AvgIpc) is 2.22. The smallest absolute Gasteiger partial charge is 0.0916 e. The molecule has 0 fully saturated rings. The van der Waals surface area contributed by atoms with Crippen LogP contribution in [-0.2, 0) is 10.4 Å². The number of rotatable bonds is 4. The standard InChI is InChI=1S/2C7H18OP.H2O4S/c2*1-6(8)7(2)9(3,4)5;1-5(2,3)4/h2*6-8H,1-5H3;(H2,1,2,3,4)/q2*+1;/p-2. The number of aliphatic hydroxyl groups is 2. The second kappa shape index (κ2) is 11.3. The zero-order valence-electron chi connectivity index (χ0n) is 16.1. The topological polar surface area (TPSA) is 121 Å². The monoisotopic (exact) mass is 394 g/mol. The van der Waals surface area contributed by atoms with E-state index in [1.54, 1.807) is 0 Å². The van der Waals surface area contributed by atoms with Gasteiger partial charge in [0.1, 0.15) is 0 Å². The summed E-state index contributed by atoms with van der Waals surface area (Å²) in [5, 5.41) is 18.4. The van der Waals surface area contributed by atoms with Crippen LogP contribution in [0.15, 0.2) is 0 Å². The van der Waals surface area contributed by atoms with Crippen LogP contribution in [0.3, 0.4) is 0 Å². The summed E-state index contributed by atoms with van der Waals surface area (Å²) in [7, 11) is -6.79. The van der Waals surface area contributed by atoms with E-state index in [1.807, 2.05) is 13.8 Å². The van der Waals surface area contributed by atoms with E-state index in [0.29, 0.717) is 11.3 Å². The van der Waals surface area contributed by atoms with Crippen LogP contribution < -0.4 is 0 Å². The largest absolute Gasteiger partial charge is 0.759 e. The van der Waals surface area contributed by atoms with Crippen molar-refractivity contribution in [1.82, 2.24) is 0 Å². The molecular weight excluding hydrogens is 358 g/mol. The average molecular weight is 394 g/mol. The minimum Gasteiger partial charge on any atom is -0.759 e. The fraction of sp³-hybridized carbons (Fsp3) is 1.00. The molecule has 144 valence electrons. The fourth-order valence-electron chi connectivity index (χ4n) is 1.29. The van der Waals surface area contributed by atoms with Gasteiger partial charge in [0.05, 0.1) is 23.5 Å². The van der Waals surface area contributed by atoms with Gasteiger partial charge in [-0.2, -0.15) is 0 Å². The SMILES string of the molecule is CC(O)C(C)[P+](C)(C)C.CC(O)C(C)[P+](C)(C)C.O=S(=O)([O-])[O-]. The van der Waals surface area contributed by atoms with Crippen molar-refractivity contribution >= 4 is 24.9 Å². The van der Waals surface area contributed by atoms with Crippen LogP contribution in [0.2, 0.25) is 0 Å². The molecule has 4 unspecified atom stereocenters. The molecular formula is C14H36O6P2S. The first-order valence-corrected chi connectivity index (χ1v) is 15.1. The van der Waals surface area contributed by atoms with Crippen LogP contribution in [0.25, 0.3) is 0 Å². The Hall–Kier alpha value is 0.650. The maximum Gasteiger partial charge on any atom is 0.0916 e. The number of aliphatic hydroxyl groups excluding tert-OH is 2. The zero-order chi connectivity index (χ0) is 19.8. The van der Waals surface area contributed by atoms with E-state index >= 15 is 0 Å². The Labute approximate surface area is 144 Å². The molecule has 6 nitrogen and oxygen atoms in total. The van der Waals surface area contributed by atoms with Crippen LogP contribution in [0.4, 0.5) is 0 Å². The van der Waals surface area contributed by atoms with Crippen LogP contribution in [0.1, 0.15) is 27.7 Å². The second-order valence-corrected chi connectivity index (χ2v) is 18.5. The van der Waals surface area contributed by atoms with E-state index in [2.05, 4.69) is 53.8 Å². The van der Waals surface area contributed by atoms with E-state index in [-0.39, 0.29) is 12.2 Å². The summed E-state index contributed by atoms with van der Waals surface area (Å²) >= 11 is 0. The lowest BCUT2D eigenvalue weighted by Gasteiger charge is -2.22. The summed E-state index contributed by atoms with van der Waals surface area (Å²) in [6, 6.07) is 0. The van der Waals surface area contributed by atoms with E-state index in [0.717, 1.165) is 0 Å². The Bertz CT molecular complexity index is 364. The molecule has 2 N–H and O–H groups in total. The Kier molecular flexibility index (Phi) is 14.0. The van der Waals surface area contributed by atoms with Gasteiger partial charge in [0.2, 0.25) is 0 Å². The van der Waals surface area contributed by atoms with Gasteiger partial charge in [0, 0.05) is 64.9 Å². The summed E-state index contributed by atoms with van der Waals surface area (Å²) in [5.41, 5.74) is 0.968. The third-order valence-electron chi connectivity index (χ3n) is 3.84. The Morgan fingerprint density at radius 3 is 0.826 bits per heavy atom. The summed E-state index contributed by atoms with van der Waals surface area (Å²) in [6.45, 7) is 21.5. The summed E-state index contributed by atoms with van der Waals surface area (Å²) < 4.78 is 34.1. The van der Waals surface area contributed by atoms with E-state index in [4.69, 9.17) is 17.5 Å². The molecule has 0 saturated heterocycles. The van der Waals surface area contributed by atoms with Gasteiger partial charge in [-0.05, 0) is 27.7 Å². The molecule has 0 amide bonds. The molecule has 23 heavy (non-hydrogen) atoms. The molecule has 0 aliphatic rings. The zero-order valence-corrected chi connectivity index (χ0v) is 18.7. The van der Waals surface area contributed by atoms with Gasteiger partial charge in [-0.1, -0.05) is 0 Å². The molecule has 0 radical (unpaired) electrons. The predicted octanol–water partition coefficient (Wildman–Crippen LogP) is 1.99. The predicted molar refractivity (Wildman–Crippen MR) is 102 cm³/mol. The highest BCUT2D eigenvalue weighted by atomic mass is 32.3.